The van der Waals surface area contributed by atoms with Gasteiger partial charge in [-0.15, -0.1) is 0 Å². The van der Waals surface area contributed by atoms with Gasteiger partial charge in [0.1, 0.15) is 5.82 Å². The second-order valence-electron chi connectivity index (χ2n) is 5.27. The fourth-order valence-electron chi connectivity index (χ4n) is 2.73. The van der Waals surface area contributed by atoms with Crippen LogP contribution in [0.2, 0.25) is 0 Å². The molecule has 0 spiro atoms. The first kappa shape index (κ1) is 15.7. The number of sulfonamides is 1. The SMILES string of the molecule is CC1CCCC(C)N1S(=O)(=O)c1cc(N)c(F)cc1Br. The van der Waals surface area contributed by atoms with Gasteiger partial charge in [-0.3, -0.25) is 0 Å². The smallest absolute Gasteiger partial charge is 0.244 e. The maximum absolute atomic E-state index is 13.4. The summed E-state index contributed by atoms with van der Waals surface area (Å²) >= 11 is 3.12. The summed E-state index contributed by atoms with van der Waals surface area (Å²) < 4.78 is 40.7. The minimum Gasteiger partial charge on any atom is -0.396 e. The molecule has 112 valence electrons. The Hall–Kier alpha value is -0.660. The Morgan fingerprint density at radius 3 is 2.40 bits per heavy atom. The molecule has 0 aliphatic carbocycles. The van der Waals surface area contributed by atoms with Gasteiger partial charge in [0.25, 0.3) is 0 Å². The van der Waals surface area contributed by atoms with Crippen LogP contribution in [0, 0.1) is 5.82 Å². The molecule has 2 atom stereocenters. The van der Waals surface area contributed by atoms with E-state index in [0.717, 1.165) is 25.3 Å². The highest BCUT2D eigenvalue weighted by Gasteiger charge is 2.36. The summed E-state index contributed by atoms with van der Waals surface area (Å²) in [4.78, 5) is 0.0250. The van der Waals surface area contributed by atoms with Crippen LogP contribution < -0.4 is 5.73 Å². The summed E-state index contributed by atoms with van der Waals surface area (Å²) in [6.07, 6.45) is 2.68. The first-order valence-electron chi connectivity index (χ1n) is 6.53. The van der Waals surface area contributed by atoms with E-state index in [2.05, 4.69) is 15.9 Å². The van der Waals surface area contributed by atoms with Crippen molar-refractivity contribution in [3.63, 3.8) is 0 Å². The topological polar surface area (TPSA) is 63.4 Å². The molecule has 1 saturated heterocycles. The van der Waals surface area contributed by atoms with Crippen LogP contribution in [0.15, 0.2) is 21.5 Å². The third kappa shape index (κ3) is 2.71. The number of nitrogen functional groups attached to an aromatic ring is 1. The summed E-state index contributed by atoms with van der Waals surface area (Å²) in [6.45, 7) is 3.79. The molecule has 0 radical (unpaired) electrons. The highest BCUT2D eigenvalue weighted by Crippen LogP contribution is 2.34. The molecular formula is C13H18BrFN2O2S. The van der Waals surface area contributed by atoms with Gasteiger partial charge in [0.2, 0.25) is 10.0 Å². The number of halogens is 2. The number of nitrogens with two attached hydrogens (primary N) is 1. The summed E-state index contributed by atoms with van der Waals surface area (Å²) in [5.41, 5.74) is 5.34. The summed E-state index contributed by atoms with van der Waals surface area (Å²) in [5.74, 6) is -0.629. The van der Waals surface area contributed by atoms with Crippen LogP contribution >= 0.6 is 15.9 Å². The van der Waals surface area contributed by atoms with Crippen LogP contribution in [0.4, 0.5) is 10.1 Å². The number of anilines is 1. The molecule has 0 amide bonds. The van der Waals surface area contributed by atoms with Crippen LogP contribution in [-0.4, -0.2) is 24.8 Å². The van der Waals surface area contributed by atoms with Crippen LogP contribution in [-0.2, 0) is 10.0 Å². The largest absolute Gasteiger partial charge is 0.396 e. The van der Waals surface area contributed by atoms with Gasteiger partial charge in [0.05, 0.1) is 10.6 Å². The molecule has 2 unspecified atom stereocenters. The quantitative estimate of drug-likeness (QED) is 0.819. The molecular weight excluding hydrogens is 347 g/mol. The maximum atomic E-state index is 13.4. The highest BCUT2D eigenvalue weighted by atomic mass is 79.9. The molecule has 1 aliphatic heterocycles. The summed E-state index contributed by atoms with van der Waals surface area (Å²) in [6, 6.07) is 2.15. The Labute approximate surface area is 127 Å². The Bertz CT molecular complexity index is 611. The first-order valence-corrected chi connectivity index (χ1v) is 8.76. The molecule has 4 nitrogen and oxygen atoms in total. The molecule has 1 aliphatic rings. The van der Waals surface area contributed by atoms with Gasteiger partial charge >= 0.3 is 0 Å². The van der Waals surface area contributed by atoms with Crippen LogP contribution in [0.5, 0.6) is 0 Å². The predicted octanol–water partition coefficient (Wildman–Crippen LogP) is 3.12. The van der Waals surface area contributed by atoms with Crippen LogP contribution in [0.25, 0.3) is 0 Å². The molecule has 1 aromatic rings. The van der Waals surface area contributed by atoms with Gasteiger partial charge < -0.3 is 5.73 Å². The average molecular weight is 365 g/mol. The van der Waals surface area contributed by atoms with E-state index in [9.17, 15) is 12.8 Å². The molecule has 7 heteroatoms. The second-order valence-corrected chi connectivity index (χ2v) is 7.93. The molecule has 2 N–H and O–H groups in total. The molecule has 1 aromatic carbocycles. The monoisotopic (exact) mass is 364 g/mol. The van der Waals surface area contributed by atoms with Gasteiger partial charge in [0.15, 0.2) is 0 Å². The average Bonchev–Trinajstić information content (AvgIpc) is 2.33. The van der Waals surface area contributed by atoms with Crippen LogP contribution in [0.3, 0.4) is 0 Å². The van der Waals surface area contributed by atoms with Gasteiger partial charge in [0, 0.05) is 16.6 Å². The van der Waals surface area contributed by atoms with E-state index in [1.807, 2.05) is 13.8 Å². The molecule has 20 heavy (non-hydrogen) atoms. The summed E-state index contributed by atoms with van der Waals surface area (Å²) in [7, 11) is -3.69. The maximum Gasteiger partial charge on any atom is 0.244 e. The fourth-order valence-corrected chi connectivity index (χ4v) is 5.62. The number of rotatable bonds is 2. The van der Waals surface area contributed by atoms with E-state index < -0.39 is 15.8 Å². The van der Waals surface area contributed by atoms with Gasteiger partial charge in [-0.1, -0.05) is 6.42 Å². The number of piperidine rings is 1. The molecule has 2 rings (SSSR count). The lowest BCUT2D eigenvalue weighted by Crippen LogP contribution is -2.47. The van der Waals surface area contributed by atoms with Gasteiger partial charge in [-0.2, -0.15) is 4.31 Å². The zero-order chi connectivity index (χ0) is 15.1. The van der Waals surface area contributed by atoms with Crippen molar-refractivity contribution in [2.24, 2.45) is 0 Å². The van der Waals surface area contributed by atoms with E-state index in [-0.39, 0.29) is 27.1 Å². The minimum absolute atomic E-state index is 0.0250. The Morgan fingerprint density at radius 1 is 1.30 bits per heavy atom. The lowest BCUT2D eigenvalue weighted by molar-refractivity contribution is 0.204. The Balaban J connectivity index is 2.52. The van der Waals surface area contributed by atoms with Crippen molar-refractivity contribution in [1.29, 1.82) is 0 Å². The van der Waals surface area contributed by atoms with Gasteiger partial charge in [-0.25, -0.2) is 12.8 Å². The van der Waals surface area contributed by atoms with Crippen molar-refractivity contribution < 1.29 is 12.8 Å². The van der Waals surface area contributed by atoms with Crippen molar-refractivity contribution in [3.8, 4) is 0 Å². The van der Waals surface area contributed by atoms with E-state index in [0.29, 0.717) is 0 Å². The highest BCUT2D eigenvalue weighted by molar-refractivity contribution is 9.10. The van der Waals surface area contributed by atoms with Crippen LogP contribution in [0.1, 0.15) is 33.1 Å². The summed E-state index contributed by atoms with van der Waals surface area (Å²) in [5, 5.41) is 0. The molecule has 1 fully saturated rings. The van der Waals surface area contributed by atoms with Crippen molar-refractivity contribution in [1.82, 2.24) is 4.31 Å². The predicted molar refractivity (Wildman–Crippen MR) is 80.3 cm³/mol. The third-order valence-electron chi connectivity index (χ3n) is 3.72. The zero-order valence-electron chi connectivity index (χ0n) is 11.4. The fraction of sp³-hybridized carbons (Fsp3) is 0.538. The standard InChI is InChI=1S/C13H18BrFN2O2S/c1-8-4-3-5-9(2)17(8)20(18,19)13-7-12(16)11(15)6-10(13)14/h6-9H,3-5,16H2,1-2H3. The van der Waals surface area contributed by atoms with E-state index >= 15 is 0 Å². The van der Waals surface area contributed by atoms with Gasteiger partial charge in [-0.05, 0) is 54.8 Å². The number of nitrogens with zero attached hydrogens (tertiary/aromatic N) is 1. The number of hydrogen-bond donors (Lipinski definition) is 1. The van der Waals surface area contributed by atoms with E-state index in [1.165, 1.54) is 10.4 Å². The van der Waals surface area contributed by atoms with Crippen molar-refractivity contribution >= 4 is 31.6 Å². The molecule has 0 saturated carbocycles. The van der Waals surface area contributed by atoms with E-state index in [1.54, 1.807) is 0 Å². The Kier molecular flexibility index (Phi) is 4.41. The first-order chi connectivity index (χ1) is 9.25. The molecule has 0 aromatic heterocycles. The third-order valence-corrected chi connectivity index (χ3v) is 6.81. The lowest BCUT2D eigenvalue weighted by atomic mass is 10.0. The van der Waals surface area contributed by atoms with Crippen molar-refractivity contribution in [2.45, 2.75) is 50.1 Å². The normalized spacial score (nSPS) is 24.8. The van der Waals surface area contributed by atoms with Crippen molar-refractivity contribution in [3.05, 3.63) is 22.4 Å². The Morgan fingerprint density at radius 2 is 1.85 bits per heavy atom. The lowest BCUT2D eigenvalue weighted by Gasteiger charge is -2.37. The number of hydrogen-bond acceptors (Lipinski definition) is 3. The van der Waals surface area contributed by atoms with Crippen molar-refractivity contribution in [2.75, 3.05) is 5.73 Å². The zero-order valence-corrected chi connectivity index (χ0v) is 13.8. The molecule has 1 heterocycles. The second kappa shape index (κ2) is 5.61. The van der Waals surface area contributed by atoms with E-state index in [4.69, 9.17) is 5.73 Å². The molecule has 0 bridgehead atoms. The minimum atomic E-state index is -3.69. The number of benzene rings is 1.